The Labute approximate surface area is 379 Å². The van der Waals surface area contributed by atoms with Crippen LogP contribution in [0.1, 0.15) is 81.0 Å². The molecule has 1 aliphatic heterocycles. The van der Waals surface area contributed by atoms with Gasteiger partial charge in [0.05, 0.1) is 18.5 Å². The molecule has 1 aliphatic carbocycles. The minimum absolute atomic E-state index is 0.00778. The van der Waals surface area contributed by atoms with Crippen molar-refractivity contribution in [3.8, 4) is 23.0 Å². The van der Waals surface area contributed by atoms with Gasteiger partial charge in [0.2, 0.25) is 0 Å². The first-order valence-corrected chi connectivity index (χ1v) is 22.1. The predicted molar refractivity (Wildman–Crippen MR) is 247 cm³/mol. The number of carbonyl (C=O) groups excluding carboxylic acids is 4. The monoisotopic (exact) mass is 884 g/mol. The molecule has 2 aliphatic rings. The van der Waals surface area contributed by atoms with E-state index in [-0.39, 0.29) is 63.9 Å². The summed E-state index contributed by atoms with van der Waals surface area (Å²) in [5.74, 6) is 2.30. The Morgan fingerprint density at radius 1 is 0.600 bits per heavy atom. The Morgan fingerprint density at radius 3 is 1.54 bits per heavy atom. The number of fused-ring (bicyclic) bond motifs is 6. The summed E-state index contributed by atoms with van der Waals surface area (Å²) in [4.78, 5) is 47.4. The maximum atomic E-state index is 12.1. The Hall–Kier alpha value is -7.02. The van der Waals surface area contributed by atoms with Gasteiger partial charge in [-0.25, -0.2) is 19.2 Å². The number of amides is 2. The highest BCUT2D eigenvalue weighted by Crippen LogP contribution is 2.56. The van der Waals surface area contributed by atoms with E-state index < -0.39 is 29.5 Å². The number of ether oxygens (including phenoxy) is 7. The number of rotatable bonds is 18. The summed E-state index contributed by atoms with van der Waals surface area (Å²) < 4.78 is 39.3. The van der Waals surface area contributed by atoms with Gasteiger partial charge in [0.25, 0.3) is 0 Å². The molecule has 0 saturated heterocycles. The van der Waals surface area contributed by atoms with Crippen molar-refractivity contribution < 1.29 is 52.3 Å². The van der Waals surface area contributed by atoms with Gasteiger partial charge in [0.15, 0.2) is 0 Å². The molecule has 0 spiro atoms. The van der Waals surface area contributed by atoms with Crippen LogP contribution < -0.4 is 24.8 Å². The van der Waals surface area contributed by atoms with Crippen LogP contribution >= 0.6 is 0 Å². The van der Waals surface area contributed by atoms with Crippen molar-refractivity contribution >= 4 is 45.7 Å². The van der Waals surface area contributed by atoms with Gasteiger partial charge in [0.1, 0.15) is 62.6 Å². The molecule has 0 radical (unpaired) electrons. The first kappa shape index (κ1) is 46.0. The second kappa shape index (κ2) is 21.1. The third-order valence-electron chi connectivity index (χ3n) is 11.8. The van der Waals surface area contributed by atoms with Gasteiger partial charge in [-0.15, -0.1) is 0 Å². The van der Waals surface area contributed by atoms with Crippen LogP contribution in [0.5, 0.6) is 23.0 Å². The lowest BCUT2D eigenvalue weighted by molar-refractivity contribution is -0.139. The van der Waals surface area contributed by atoms with Crippen molar-refractivity contribution in [2.24, 2.45) is 0 Å². The SMILES string of the molecule is C=C(C)C(=O)OCCNC(=O)OCCOc1ccc2c3c(ccc2c1)Oc1ccc2cc(OCCOC(=O)NCCOC(=O)C(=C)C)ccc2c1C3(C)c1ccc(C2CCCCC2)cc1. The van der Waals surface area contributed by atoms with Crippen LogP contribution in [-0.4, -0.2) is 76.9 Å². The molecule has 5 aromatic rings. The van der Waals surface area contributed by atoms with Crippen LogP contribution in [0.3, 0.4) is 0 Å². The molecular weight excluding hydrogens is 829 g/mol. The molecule has 13 heteroatoms. The zero-order valence-electron chi connectivity index (χ0n) is 37.3. The lowest BCUT2D eigenvalue weighted by atomic mass is 9.66. The molecule has 5 aromatic carbocycles. The summed E-state index contributed by atoms with van der Waals surface area (Å²) in [6.45, 7) is 13.0. The number of esters is 2. The van der Waals surface area contributed by atoms with E-state index in [0.717, 1.165) is 49.7 Å². The van der Waals surface area contributed by atoms with E-state index in [4.69, 9.17) is 33.2 Å². The van der Waals surface area contributed by atoms with Gasteiger partial charge < -0.3 is 43.8 Å². The maximum absolute atomic E-state index is 12.1. The van der Waals surface area contributed by atoms with Crippen molar-refractivity contribution in [1.82, 2.24) is 10.6 Å². The minimum Gasteiger partial charge on any atom is -0.490 e. The van der Waals surface area contributed by atoms with Crippen LogP contribution in [0.15, 0.2) is 109 Å². The normalized spacial score (nSPS) is 13.9. The molecule has 7 rings (SSSR count). The first-order chi connectivity index (χ1) is 31.4. The van der Waals surface area contributed by atoms with E-state index in [9.17, 15) is 19.2 Å². The molecular formula is C52H56N2O11. The van der Waals surface area contributed by atoms with Crippen molar-refractivity contribution in [3.63, 3.8) is 0 Å². The maximum Gasteiger partial charge on any atom is 0.407 e. The van der Waals surface area contributed by atoms with Gasteiger partial charge >= 0.3 is 24.1 Å². The molecule has 0 bridgehead atoms. The Morgan fingerprint density at radius 2 is 1.08 bits per heavy atom. The number of hydrogen-bond donors (Lipinski definition) is 2. The average Bonchev–Trinajstić information content (AvgIpc) is 3.31. The molecule has 2 amide bonds. The second-order valence-corrected chi connectivity index (χ2v) is 16.5. The van der Waals surface area contributed by atoms with Crippen molar-refractivity contribution in [2.75, 3.05) is 52.7 Å². The van der Waals surface area contributed by atoms with Gasteiger partial charge in [-0.2, -0.15) is 0 Å². The summed E-state index contributed by atoms with van der Waals surface area (Å²) >= 11 is 0. The van der Waals surface area contributed by atoms with Gasteiger partial charge in [0, 0.05) is 22.3 Å². The highest BCUT2D eigenvalue weighted by atomic mass is 16.6. The summed E-state index contributed by atoms with van der Waals surface area (Å²) in [5.41, 5.74) is 4.48. The largest absolute Gasteiger partial charge is 0.490 e. The summed E-state index contributed by atoms with van der Waals surface area (Å²) in [5, 5.41) is 9.03. The average molecular weight is 885 g/mol. The number of alkyl carbamates (subject to hydrolysis) is 2. The highest BCUT2D eigenvalue weighted by molar-refractivity contribution is 5.97. The molecule has 2 N–H and O–H groups in total. The Bertz CT molecular complexity index is 2440. The Kier molecular flexibility index (Phi) is 14.9. The fourth-order valence-corrected chi connectivity index (χ4v) is 8.54. The molecule has 340 valence electrons. The van der Waals surface area contributed by atoms with Crippen LogP contribution in [0.2, 0.25) is 0 Å². The topological polar surface area (TPSA) is 157 Å². The highest BCUT2D eigenvalue weighted by Gasteiger charge is 2.42. The van der Waals surface area contributed by atoms with Gasteiger partial charge in [-0.3, -0.25) is 0 Å². The van der Waals surface area contributed by atoms with E-state index in [1.807, 2.05) is 48.5 Å². The zero-order valence-corrected chi connectivity index (χ0v) is 37.3. The molecule has 65 heavy (non-hydrogen) atoms. The van der Waals surface area contributed by atoms with E-state index in [2.05, 4.69) is 67.1 Å². The van der Waals surface area contributed by atoms with E-state index in [1.165, 1.54) is 37.7 Å². The van der Waals surface area contributed by atoms with Crippen LogP contribution in [-0.2, 0) is 34.0 Å². The van der Waals surface area contributed by atoms with Crippen molar-refractivity contribution in [2.45, 2.75) is 64.2 Å². The molecule has 13 nitrogen and oxygen atoms in total. The van der Waals surface area contributed by atoms with Crippen LogP contribution in [0, 0.1) is 0 Å². The second-order valence-electron chi connectivity index (χ2n) is 16.5. The number of benzene rings is 5. The molecule has 1 fully saturated rings. The van der Waals surface area contributed by atoms with Gasteiger partial charge in [-0.1, -0.05) is 81.0 Å². The predicted octanol–water partition coefficient (Wildman–Crippen LogP) is 9.95. The standard InChI is InChI=1S/C52H56N2O11/c1-33(2)48(55)61-25-23-53-50(57)63-29-27-59-40-17-19-42-37(31-40)13-21-44-46(42)52(5,39-15-11-36(12-16-39)35-9-7-6-8-10-35)47-43-20-18-41(32-38(43)14-22-45(47)65-44)60-28-30-64-51(58)54-24-26-62-49(56)34(3)4/h11-22,31-32,35H,1,3,6-10,23-30H2,2,4-5H3,(H,53,57)(H,54,58). The smallest absolute Gasteiger partial charge is 0.407 e. The van der Waals surface area contributed by atoms with Crippen LogP contribution in [0.4, 0.5) is 9.59 Å². The Balaban J connectivity index is 1.09. The number of carbonyl (C=O) groups is 4. The molecule has 0 aromatic heterocycles. The van der Waals surface area contributed by atoms with Gasteiger partial charge in [-0.05, 0) is 109 Å². The third kappa shape index (κ3) is 11.0. The number of nitrogens with one attached hydrogen (secondary N) is 2. The quantitative estimate of drug-likeness (QED) is 0.0374. The summed E-state index contributed by atoms with van der Waals surface area (Å²) in [6, 6.07) is 29.2. The minimum atomic E-state index is -0.661. The van der Waals surface area contributed by atoms with E-state index in [0.29, 0.717) is 17.4 Å². The zero-order chi connectivity index (χ0) is 45.9. The van der Waals surface area contributed by atoms with Crippen molar-refractivity contribution in [3.05, 3.63) is 131 Å². The first-order valence-electron chi connectivity index (χ1n) is 22.1. The molecule has 1 heterocycles. The fraction of sp³-hybridized carbons (Fsp3) is 0.346. The molecule has 0 atom stereocenters. The van der Waals surface area contributed by atoms with E-state index >= 15 is 0 Å². The molecule has 0 unspecified atom stereocenters. The lowest BCUT2D eigenvalue weighted by Gasteiger charge is -2.40. The fourth-order valence-electron chi connectivity index (χ4n) is 8.54. The third-order valence-corrected chi connectivity index (χ3v) is 11.8. The lowest BCUT2D eigenvalue weighted by Crippen LogP contribution is -2.30. The number of hydrogen-bond acceptors (Lipinski definition) is 11. The summed E-state index contributed by atoms with van der Waals surface area (Å²) in [6.07, 6.45) is 4.96. The van der Waals surface area contributed by atoms with E-state index in [1.54, 1.807) is 13.8 Å². The summed E-state index contributed by atoms with van der Waals surface area (Å²) in [7, 11) is 0. The van der Waals surface area contributed by atoms with Crippen molar-refractivity contribution in [1.29, 1.82) is 0 Å². The van der Waals surface area contributed by atoms with Crippen LogP contribution in [0.25, 0.3) is 21.5 Å². The molecule has 1 saturated carbocycles.